The number of benzene rings is 4. The molecular weight excluding hydrogens is 651 g/mol. The quantitative estimate of drug-likeness (QED) is 0.0728. The van der Waals surface area contributed by atoms with E-state index >= 15 is 0 Å². The third kappa shape index (κ3) is 8.14. The number of halogens is 3. The highest BCUT2D eigenvalue weighted by atomic mass is 19.4. The molecule has 0 atom stereocenters. The minimum Gasteiger partial charge on any atom is -0.436 e. The second kappa shape index (κ2) is 14.6. The molecule has 0 bridgehead atoms. The molecule has 4 N–H and O–H groups in total. The predicted octanol–water partition coefficient (Wildman–Crippen LogP) is 9.38. The minimum absolute atomic E-state index is 0.0711. The van der Waals surface area contributed by atoms with Crippen LogP contribution in [0.25, 0.3) is 22.6 Å². The van der Waals surface area contributed by atoms with Crippen molar-refractivity contribution in [2.75, 3.05) is 10.2 Å². The Bertz CT molecular complexity index is 1990. The van der Waals surface area contributed by atoms with Gasteiger partial charge in [-0.25, -0.2) is 15.3 Å². The average molecular weight is 684 g/mol. The number of fused-ring (bicyclic) bond motifs is 1. The second-order valence-electron chi connectivity index (χ2n) is 11.8. The van der Waals surface area contributed by atoms with Crippen molar-refractivity contribution < 1.29 is 31.9 Å². The first-order valence-corrected chi connectivity index (χ1v) is 15.9. The smallest absolute Gasteiger partial charge is 0.436 e. The summed E-state index contributed by atoms with van der Waals surface area (Å²) in [5.74, 6) is -1.43. The lowest BCUT2D eigenvalue weighted by atomic mass is 9.84. The van der Waals surface area contributed by atoms with Gasteiger partial charge in [0, 0.05) is 16.9 Å². The van der Waals surface area contributed by atoms with Crippen molar-refractivity contribution in [1.82, 2.24) is 10.3 Å². The van der Waals surface area contributed by atoms with E-state index in [4.69, 9.17) is 15.4 Å². The monoisotopic (exact) mass is 683 g/mol. The van der Waals surface area contributed by atoms with E-state index in [-0.39, 0.29) is 29.2 Å². The number of nitrogens with zero attached hydrogens (tertiary/aromatic N) is 3. The van der Waals surface area contributed by atoms with Gasteiger partial charge in [-0.3, -0.25) is 20.4 Å². The largest absolute Gasteiger partial charge is 0.573 e. The molecule has 0 spiro atoms. The maximum Gasteiger partial charge on any atom is 0.573 e. The van der Waals surface area contributed by atoms with Crippen LogP contribution in [0.1, 0.15) is 59.5 Å². The molecule has 1 heterocycles. The SMILES string of the molecule is N=NC(=N)NC(=O)c1ccc(CN(C(=O)Nc2ccc(OC(F)(F)F)c(-c3nc4ccccc4o3)c2)c2ccc(C3CCCCC3)cc2)cc1. The maximum atomic E-state index is 14.0. The van der Waals surface area contributed by atoms with Crippen molar-refractivity contribution in [1.29, 1.82) is 10.9 Å². The molecule has 1 saturated carbocycles. The van der Waals surface area contributed by atoms with Crippen LogP contribution in [0, 0.1) is 10.9 Å². The fourth-order valence-electron chi connectivity index (χ4n) is 5.96. The Kier molecular flexibility index (Phi) is 9.88. The number of carbonyl (C=O) groups excluding carboxylic acids is 2. The summed E-state index contributed by atoms with van der Waals surface area (Å²) in [5.41, 5.74) is 10.4. The van der Waals surface area contributed by atoms with Gasteiger partial charge in [0.2, 0.25) is 11.9 Å². The van der Waals surface area contributed by atoms with E-state index < -0.39 is 30.0 Å². The molecule has 1 aromatic heterocycles. The molecule has 0 unspecified atom stereocenters. The summed E-state index contributed by atoms with van der Waals surface area (Å²) < 4.78 is 50.1. The van der Waals surface area contributed by atoms with Crippen LogP contribution in [0.3, 0.4) is 0 Å². The molecule has 256 valence electrons. The van der Waals surface area contributed by atoms with Gasteiger partial charge in [0.15, 0.2) is 5.58 Å². The van der Waals surface area contributed by atoms with E-state index in [1.165, 1.54) is 54.0 Å². The van der Waals surface area contributed by atoms with Crippen LogP contribution in [0.5, 0.6) is 5.75 Å². The van der Waals surface area contributed by atoms with Crippen molar-refractivity contribution >= 4 is 40.4 Å². The van der Waals surface area contributed by atoms with Crippen LogP contribution < -0.4 is 20.3 Å². The highest BCUT2D eigenvalue weighted by molar-refractivity contribution is 6.05. The molecule has 1 aliphatic rings. The van der Waals surface area contributed by atoms with Crippen LogP contribution in [-0.4, -0.2) is 29.2 Å². The molecule has 0 radical (unpaired) electrons. The first-order chi connectivity index (χ1) is 24.1. The van der Waals surface area contributed by atoms with Crippen LogP contribution >= 0.6 is 0 Å². The fraction of sp³-hybridized carbons (Fsp3) is 0.222. The minimum atomic E-state index is -4.99. The van der Waals surface area contributed by atoms with Gasteiger partial charge in [-0.2, -0.15) is 0 Å². The van der Waals surface area contributed by atoms with Crippen molar-refractivity contribution in [3.8, 4) is 17.2 Å². The summed E-state index contributed by atoms with van der Waals surface area (Å²) >= 11 is 0. The third-order valence-electron chi connectivity index (χ3n) is 8.41. The first-order valence-electron chi connectivity index (χ1n) is 15.9. The number of oxazole rings is 1. The molecule has 14 heteroatoms. The van der Waals surface area contributed by atoms with Crippen molar-refractivity contribution in [3.05, 3.63) is 108 Å². The number of hydrogen-bond acceptors (Lipinski definition) is 7. The van der Waals surface area contributed by atoms with E-state index in [9.17, 15) is 22.8 Å². The number of aromatic nitrogens is 1. The second-order valence-corrected chi connectivity index (χ2v) is 11.8. The Morgan fingerprint density at radius 3 is 2.36 bits per heavy atom. The number of para-hydroxylation sites is 2. The average Bonchev–Trinajstić information content (AvgIpc) is 3.55. The van der Waals surface area contributed by atoms with E-state index in [0.29, 0.717) is 28.3 Å². The lowest BCUT2D eigenvalue weighted by molar-refractivity contribution is -0.274. The Labute approximate surface area is 284 Å². The molecule has 0 saturated heterocycles. The summed E-state index contributed by atoms with van der Waals surface area (Å²) in [6.07, 6.45) is 0.798. The summed E-state index contributed by atoms with van der Waals surface area (Å²) in [4.78, 5) is 32.2. The van der Waals surface area contributed by atoms with Gasteiger partial charge in [-0.1, -0.05) is 55.7 Å². The number of ether oxygens (including phenoxy) is 1. The van der Waals surface area contributed by atoms with Gasteiger partial charge in [-0.15, -0.1) is 18.3 Å². The number of alkyl halides is 3. The predicted molar refractivity (Wildman–Crippen MR) is 180 cm³/mol. The van der Waals surface area contributed by atoms with Gasteiger partial charge < -0.3 is 14.5 Å². The molecule has 50 heavy (non-hydrogen) atoms. The van der Waals surface area contributed by atoms with Gasteiger partial charge >= 0.3 is 12.4 Å². The standard InChI is InChI=1S/C36H32F3N7O4/c37-36(38,39)50-30-19-16-26(20-28(30)33-43-29-8-4-5-9-31(29)49-33)42-35(48)46(27-17-14-24(15-18-27)23-6-2-1-3-7-23)21-22-10-12-25(13-11-22)32(47)44-34(40)45-41/h4-5,8-20,23,41H,1-3,6-7,21H2,(H,42,48)(H2,40,44,47). The highest BCUT2D eigenvalue weighted by Gasteiger charge is 2.33. The van der Waals surface area contributed by atoms with E-state index in [1.54, 1.807) is 36.4 Å². The summed E-state index contributed by atoms with van der Waals surface area (Å²) in [6, 6.07) is 24.0. The lowest BCUT2D eigenvalue weighted by Gasteiger charge is -2.26. The van der Waals surface area contributed by atoms with Crippen molar-refractivity contribution in [2.45, 2.75) is 50.9 Å². The third-order valence-corrected chi connectivity index (χ3v) is 8.41. The van der Waals surface area contributed by atoms with Crippen LogP contribution in [0.15, 0.2) is 101 Å². The molecule has 3 amide bonds. The highest BCUT2D eigenvalue weighted by Crippen LogP contribution is 2.38. The maximum absolute atomic E-state index is 14.0. The molecule has 1 aliphatic carbocycles. The number of urea groups is 1. The van der Waals surface area contributed by atoms with Gasteiger partial charge in [0.1, 0.15) is 11.3 Å². The van der Waals surface area contributed by atoms with E-state index in [1.807, 2.05) is 24.3 Å². The van der Waals surface area contributed by atoms with Crippen LogP contribution in [-0.2, 0) is 6.54 Å². The van der Waals surface area contributed by atoms with Crippen molar-refractivity contribution in [3.63, 3.8) is 0 Å². The van der Waals surface area contributed by atoms with Crippen LogP contribution in [0.4, 0.5) is 29.3 Å². The number of guanidine groups is 1. The van der Waals surface area contributed by atoms with E-state index in [2.05, 4.69) is 25.5 Å². The zero-order valence-electron chi connectivity index (χ0n) is 26.6. The number of anilines is 2. The van der Waals surface area contributed by atoms with E-state index in [0.717, 1.165) is 18.9 Å². The summed E-state index contributed by atoms with van der Waals surface area (Å²) in [7, 11) is 0. The molecule has 11 nitrogen and oxygen atoms in total. The number of nitrogens with one attached hydrogen (secondary N) is 4. The Morgan fingerprint density at radius 1 is 0.960 bits per heavy atom. The number of amides is 3. The van der Waals surface area contributed by atoms with Gasteiger partial charge in [0.05, 0.1) is 12.1 Å². The molecule has 6 rings (SSSR count). The molecular formula is C36H32F3N7O4. The Morgan fingerprint density at radius 2 is 1.68 bits per heavy atom. The van der Waals surface area contributed by atoms with Gasteiger partial charge in [-0.05, 0) is 84.5 Å². The molecule has 0 aliphatic heterocycles. The molecule has 4 aromatic carbocycles. The zero-order chi connectivity index (χ0) is 35.3. The normalized spacial score (nSPS) is 13.4. The van der Waals surface area contributed by atoms with Crippen molar-refractivity contribution in [2.24, 2.45) is 5.11 Å². The summed E-state index contributed by atoms with van der Waals surface area (Å²) in [6.45, 7) is 0.0711. The fourth-order valence-corrected chi connectivity index (χ4v) is 5.96. The Balaban J connectivity index is 1.30. The number of hydrogen-bond donors (Lipinski definition) is 4. The molecule has 1 fully saturated rings. The zero-order valence-corrected chi connectivity index (χ0v) is 26.6. The van der Waals surface area contributed by atoms with Gasteiger partial charge in [0.25, 0.3) is 5.91 Å². The topological polar surface area (TPSA) is 157 Å². The number of carbonyl (C=O) groups is 2. The summed E-state index contributed by atoms with van der Waals surface area (Å²) in [5, 5.41) is 15.3. The first kappa shape index (κ1) is 33.8. The van der Waals surface area contributed by atoms with Crippen LogP contribution in [0.2, 0.25) is 0 Å². The number of rotatable bonds is 8. The lowest BCUT2D eigenvalue weighted by Crippen LogP contribution is -2.34. The Hall–Kier alpha value is -6.05. The molecule has 5 aromatic rings.